The molecule has 4 amide bonds. The Kier molecular flexibility index (Phi) is 46.1. The fourth-order valence-corrected chi connectivity index (χ4v) is 3.62. The van der Waals surface area contributed by atoms with Crippen molar-refractivity contribution in [1.82, 2.24) is 21.6 Å². The lowest BCUT2D eigenvalue weighted by molar-refractivity contribution is -0.152. The number of nitrogen functional groups attached to an aromatic ring is 1. The van der Waals surface area contributed by atoms with Gasteiger partial charge in [0.2, 0.25) is 18.2 Å². The zero-order valence-corrected chi connectivity index (χ0v) is 36.4. The summed E-state index contributed by atoms with van der Waals surface area (Å²) in [5, 5.41) is 19.4. The summed E-state index contributed by atoms with van der Waals surface area (Å²) < 4.78 is 12.7. The zero-order valence-electron chi connectivity index (χ0n) is 36.4. The smallest absolute Gasteiger partial charge is 0.315 e. The molecule has 0 aliphatic carbocycles. The number of rotatable bonds is 16. The predicted octanol–water partition coefficient (Wildman–Crippen LogP) is 0.0627. The molecule has 0 bridgehead atoms. The summed E-state index contributed by atoms with van der Waals surface area (Å²) in [6, 6.07) is 28.3. The Morgan fingerprint density at radius 2 is 1.14 bits per heavy atom. The van der Waals surface area contributed by atoms with E-state index < -0.39 is 29.7 Å². The van der Waals surface area contributed by atoms with Crippen molar-refractivity contribution < 1.29 is 77.3 Å². The second-order valence-corrected chi connectivity index (χ2v) is 11.2. The van der Waals surface area contributed by atoms with E-state index in [-0.39, 0.29) is 62.8 Å². The third kappa shape index (κ3) is 44.2. The van der Waals surface area contributed by atoms with Crippen molar-refractivity contribution in [3.05, 3.63) is 102 Å². The summed E-state index contributed by atoms with van der Waals surface area (Å²) in [5.74, 6) is -2.79. The first kappa shape index (κ1) is 63.2. The fourth-order valence-electron chi connectivity index (χ4n) is 3.62. The number of hydroxylamine groups is 2. The van der Waals surface area contributed by atoms with Crippen molar-refractivity contribution in [2.24, 2.45) is 5.73 Å². The van der Waals surface area contributed by atoms with Gasteiger partial charge in [-0.25, -0.2) is 11.0 Å². The highest BCUT2D eigenvalue weighted by Crippen LogP contribution is 2.04. The number of ether oxygens (including phenoxy) is 3. The van der Waals surface area contributed by atoms with E-state index in [4.69, 9.17) is 16.0 Å². The second kappa shape index (κ2) is 46.7. The third-order valence-corrected chi connectivity index (χ3v) is 6.52. The van der Waals surface area contributed by atoms with Crippen LogP contribution in [0.15, 0.2) is 91.0 Å². The molecule has 64 heavy (non-hydrogen) atoms. The van der Waals surface area contributed by atoms with Crippen LogP contribution in [0.25, 0.3) is 0 Å². The first-order valence-corrected chi connectivity index (χ1v) is 18.7. The minimum atomic E-state index is -0.714. The average molecular weight is 905 g/mol. The van der Waals surface area contributed by atoms with Gasteiger partial charge in [-0.1, -0.05) is 78.9 Å². The lowest BCUT2D eigenvalue weighted by atomic mass is 10.1. The Balaban J connectivity index is -0.000000339. The maximum Gasteiger partial charge on any atom is 0.315 e. The number of anilines is 1. The molecule has 4 rings (SSSR count). The number of amides is 4. The molecule has 3 aromatic carbocycles. The van der Waals surface area contributed by atoms with E-state index in [0.29, 0.717) is 25.7 Å². The Morgan fingerprint density at radius 1 is 0.703 bits per heavy atom. The normalized spacial score (nSPS) is 9.75. The highest BCUT2D eigenvalue weighted by atomic mass is 16.6. The molecule has 10 N–H and O–H groups in total. The number of hydrogen-bond donors (Lipinski definition) is 8. The number of Topliss-reactive ketones (excluding diaryl/α,β-unsaturated/α-hetero) is 2. The SMILES string of the molecule is CN.CNC(=O)CC(=O)NO.CNC(=O)CC(=O)OC.CO.Nc1ccccc1.O=C1CCC(=O)O1.O=CNOCC(=O)Cc1ccccc1.O=COCCC(=O)Cc1ccccc1. The van der Waals surface area contributed by atoms with Gasteiger partial charge in [0.05, 0.1) is 26.6 Å². The van der Waals surface area contributed by atoms with Crippen LogP contribution >= 0.6 is 0 Å². The standard InChI is InChI=1S/C11H12O3.C10H11NO3.C6H7N.C5H9NO3.C4H8N2O3.C4H4O3.CH5N.CH4O/c12-9-14-7-6-11(13)8-10-4-2-1-3-5-10;12-8-11-14-7-10(13)6-9-4-2-1-3-5-9;7-6-4-2-1-3-5-6;1-6-4(7)3-5(8)9-2;1-5-3(7)2-4(8)6-9;5-3-1-2-4(6)7-3;2*1-2/h1-5,9H,6-8H2;1-5,8H,6-7H2,(H,11,12);1-5H,7H2;3H2,1-2H3,(H,6,7);9H,2H2,1H3,(H,5,7)(H,6,8);1-2H2;2H2,1H3;2H,1H3. The van der Waals surface area contributed by atoms with E-state index in [1.165, 1.54) is 33.7 Å². The van der Waals surface area contributed by atoms with Crippen molar-refractivity contribution in [1.29, 1.82) is 0 Å². The van der Waals surface area contributed by atoms with Crippen LogP contribution in [0.1, 0.15) is 43.2 Å². The van der Waals surface area contributed by atoms with Crippen LogP contribution < -0.4 is 33.1 Å². The van der Waals surface area contributed by atoms with E-state index in [9.17, 15) is 47.9 Å². The van der Waals surface area contributed by atoms with Gasteiger partial charge < -0.3 is 41.4 Å². The number of esters is 3. The van der Waals surface area contributed by atoms with E-state index >= 15 is 0 Å². The number of aliphatic hydroxyl groups is 1. The monoisotopic (exact) mass is 904 g/mol. The molecule has 22 nitrogen and oxygen atoms in total. The van der Waals surface area contributed by atoms with Crippen LogP contribution in [0.3, 0.4) is 0 Å². The molecule has 0 spiro atoms. The van der Waals surface area contributed by atoms with Crippen molar-refractivity contribution >= 4 is 65.8 Å². The molecule has 354 valence electrons. The lowest BCUT2D eigenvalue weighted by Gasteiger charge is -2.00. The Hall–Kier alpha value is -7.40. The highest BCUT2D eigenvalue weighted by Gasteiger charge is 2.19. The molecule has 0 saturated carbocycles. The van der Waals surface area contributed by atoms with Gasteiger partial charge in [-0.15, -0.1) is 0 Å². The Bertz CT molecular complexity index is 1600. The maximum absolute atomic E-state index is 11.3. The highest BCUT2D eigenvalue weighted by molar-refractivity contribution is 5.96. The van der Waals surface area contributed by atoms with Crippen LogP contribution in [-0.4, -0.2) is 119 Å². The molecule has 1 saturated heterocycles. The molecule has 0 radical (unpaired) electrons. The number of hydrogen-bond acceptors (Lipinski definition) is 18. The van der Waals surface area contributed by atoms with E-state index in [1.54, 1.807) is 0 Å². The third-order valence-electron chi connectivity index (χ3n) is 6.52. The topological polar surface area (TPSA) is 348 Å². The molecule has 0 aromatic heterocycles. The molecule has 3 aromatic rings. The number of ketones is 2. The lowest BCUT2D eigenvalue weighted by Crippen LogP contribution is -2.27. The quantitative estimate of drug-likeness (QED) is 0.0138. The summed E-state index contributed by atoms with van der Waals surface area (Å²) in [6.07, 6.45) is 1.38. The van der Waals surface area contributed by atoms with E-state index in [2.05, 4.69) is 35.4 Å². The summed E-state index contributed by atoms with van der Waals surface area (Å²) in [6.45, 7) is 0.429. The van der Waals surface area contributed by atoms with Gasteiger partial charge in [0.1, 0.15) is 25.2 Å². The number of para-hydroxylation sites is 1. The van der Waals surface area contributed by atoms with Gasteiger partial charge in [-0.3, -0.25) is 58.0 Å². The van der Waals surface area contributed by atoms with Gasteiger partial charge in [0.15, 0.2) is 5.78 Å². The molecule has 1 aliphatic heterocycles. The summed E-state index contributed by atoms with van der Waals surface area (Å²) in [5.41, 5.74) is 15.9. The number of cyclic esters (lactones) is 2. The number of nitrogens with two attached hydrogens (primary N) is 2. The van der Waals surface area contributed by atoms with Gasteiger partial charge in [-0.05, 0) is 30.3 Å². The fraction of sp³-hybridized carbons (Fsp3) is 0.333. The maximum atomic E-state index is 11.3. The Labute approximate surface area is 371 Å². The molecule has 0 atom stereocenters. The van der Waals surface area contributed by atoms with Crippen molar-refractivity contribution in [2.75, 3.05) is 54.3 Å². The molecule has 1 aliphatic rings. The number of nitrogens with one attached hydrogen (secondary N) is 4. The van der Waals surface area contributed by atoms with E-state index in [1.807, 2.05) is 96.5 Å². The van der Waals surface area contributed by atoms with Crippen LogP contribution in [-0.2, 0) is 79.8 Å². The largest absolute Gasteiger partial charge is 0.469 e. The van der Waals surface area contributed by atoms with Gasteiger partial charge in [0, 0.05) is 46.2 Å². The molecular formula is C42H60N6O16. The van der Waals surface area contributed by atoms with Crippen LogP contribution in [0, 0.1) is 0 Å². The van der Waals surface area contributed by atoms with Crippen molar-refractivity contribution in [3.63, 3.8) is 0 Å². The summed E-state index contributed by atoms with van der Waals surface area (Å²) >= 11 is 0. The van der Waals surface area contributed by atoms with Gasteiger partial charge in [-0.2, -0.15) is 0 Å². The molecule has 1 fully saturated rings. The Morgan fingerprint density at radius 3 is 1.48 bits per heavy atom. The van der Waals surface area contributed by atoms with E-state index in [0.717, 1.165) is 23.9 Å². The molecule has 1 heterocycles. The second-order valence-electron chi connectivity index (χ2n) is 11.2. The molecule has 0 unspecified atom stereocenters. The minimum absolute atomic E-state index is 0.0782. The zero-order chi connectivity index (χ0) is 49.4. The number of carbonyl (C=O) groups is 10. The minimum Gasteiger partial charge on any atom is -0.469 e. The number of benzene rings is 3. The molecule has 22 heteroatoms. The summed E-state index contributed by atoms with van der Waals surface area (Å²) in [4.78, 5) is 108. The molecular weight excluding hydrogens is 844 g/mol. The number of carbonyl (C=O) groups excluding carboxylic acids is 10. The average Bonchev–Trinajstić information content (AvgIpc) is 3.71. The van der Waals surface area contributed by atoms with Crippen LogP contribution in [0.2, 0.25) is 0 Å². The van der Waals surface area contributed by atoms with Crippen LogP contribution in [0.4, 0.5) is 5.69 Å². The number of aliphatic hydroxyl groups excluding tert-OH is 1. The van der Waals surface area contributed by atoms with Crippen LogP contribution in [0.5, 0.6) is 0 Å². The van der Waals surface area contributed by atoms with Crippen molar-refractivity contribution in [3.8, 4) is 0 Å². The summed E-state index contributed by atoms with van der Waals surface area (Å²) in [7, 11) is 6.61. The van der Waals surface area contributed by atoms with Gasteiger partial charge in [0.25, 0.3) is 12.4 Å². The van der Waals surface area contributed by atoms with Crippen molar-refractivity contribution in [2.45, 2.75) is 44.9 Å². The first-order valence-electron chi connectivity index (χ1n) is 18.7. The predicted molar refractivity (Wildman–Crippen MR) is 231 cm³/mol. The van der Waals surface area contributed by atoms with Gasteiger partial charge >= 0.3 is 17.9 Å². The number of methoxy groups -OCH3 is 1. The first-order chi connectivity index (χ1) is 30.7.